The van der Waals surface area contributed by atoms with Crippen LogP contribution in [0.25, 0.3) is 87.3 Å². The quantitative estimate of drug-likeness (QED) is 0.187. The zero-order valence-electron chi connectivity index (χ0n) is 23.9. The van der Waals surface area contributed by atoms with Crippen LogP contribution in [0.5, 0.6) is 0 Å². The molecule has 2 heteroatoms. The molecule has 0 saturated heterocycles. The van der Waals surface area contributed by atoms with E-state index in [4.69, 9.17) is 0 Å². The zero-order valence-corrected chi connectivity index (χ0v) is 23.9. The maximum atomic E-state index is 2.50. The summed E-state index contributed by atoms with van der Waals surface area (Å²) in [5.41, 5.74) is 7.33. The summed E-state index contributed by atoms with van der Waals surface area (Å²) in [4.78, 5) is 0. The van der Waals surface area contributed by atoms with Gasteiger partial charge in [-0.15, -0.1) is 0 Å². The van der Waals surface area contributed by atoms with Crippen molar-refractivity contribution in [3.63, 3.8) is 0 Å². The molecular formula is C42H26N2. The lowest BCUT2D eigenvalue weighted by Gasteiger charge is -2.21. The average Bonchev–Trinajstić information content (AvgIpc) is 3.59. The van der Waals surface area contributed by atoms with Gasteiger partial charge in [-0.1, -0.05) is 121 Å². The second-order valence-electron chi connectivity index (χ2n) is 11.7. The van der Waals surface area contributed by atoms with Gasteiger partial charge < -0.3 is 9.13 Å². The minimum absolute atomic E-state index is 1.22. The van der Waals surface area contributed by atoms with E-state index in [2.05, 4.69) is 167 Å². The van der Waals surface area contributed by atoms with Crippen LogP contribution in [0, 0.1) is 0 Å². The van der Waals surface area contributed by atoms with Gasteiger partial charge in [0.1, 0.15) is 0 Å². The van der Waals surface area contributed by atoms with Crippen molar-refractivity contribution in [3.05, 3.63) is 158 Å². The van der Waals surface area contributed by atoms with Gasteiger partial charge in [-0.25, -0.2) is 0 Å². The Kier molecular flexibility index (Phi) is 4.75. The van der Waals surface area contributed by atoms with Gasteiger partial charge >= 0.3 is 0 Å². The van der Waals surface area contributed by atoms with Gasteiger partial charge in [0.15, 0.2) is 0 Å². The Morgan fingerprint density at radius 3 is 0.864 bits per heavy atom. The van der Waals surface area contributed by atoms with Crippen LogP contribution in [0.3, 0.4) is 0 Å². The molecule has 0 aliphatic rings. The fraction of sp³-hybridized carbons (Fsp3) is 0. The lowest BCUT2D eigenvalue weighted by Crippen LogP contribution is -2.03. The van der Waals surface area contributed by atoms with Crippen LogP contribution in [0.4, 0.5) is 0 Å². The molecule has 0 N–H and O–H groups in total. The smallest absolute Gasteiger partial charge is 0.0620 e. The Morgan fingerprint density at radius 1 is 0.250 bits per heavy atom. The van der Waals surface area contributed by atoms with E-state index in [1.54, 1.807) is 0 Å². The van der Waals surface area contributed by atoms with Crippen molar-refractivity contribution in [2.45, 2.75) is 0 Å². The monoisotopic (exact) mass is 558 g/mol. The molecule has 0 aliphatic heterocycles. The lowest BCUT2D eigenvalue weighted by atomic mass is 9.94. The lowest BCUT2D eigenvalue weighted by molar-refractivity contribution is 1.19. The molecule has 10 aromatic rings. The largest absolute Gasteiger partial charge is 0.308 e. The van der Waals surface area contributed by atoms with Gasteiger partial charge in [-0.05, 0) is 47.2 Å². The number of hydrogen-bond donors (Lipinski definition) is 0. The summed E-state index contributed by atoms with van der Waals surface area (Å²) >= 11 is 0. The first-order chi connectivity index (χ1) is 21.9. The molecular weight excluding hydrogens is 532 g/mol. The number of benzene rings is 8. The molecule has 0 fully saturated rings. The molecule has 10 rings (SSSR count). The highest BCUT2D eigenvalue weighted by Crippen LogP contribution is 2.45. The third-order valence-corrected chi connectivity index (χ3v) is 9.44. The second-order valence-corrected chi connectivity index (χ2v) is 11.7. The Morgan fingerprint density at radius 2 is 0.523 bits per heavy atom. The molecule has 0 atom stereocenters. The molecule has 0 aliphatic carbocycles. The number of rotatable bonds is 2. The summed E-state index contributed by atoms with van der Waals surface area (Å²) in [5, 5.41) is 12.5. The zero-order chi connectivity index (χ0) is 28.8. The first-order valence-corrected chi connectivity index (χ1v) is 15.2. The maximum Gasteiger partial charge on any atom is 0.0620 e. The third-order valence-electron chi connectivity index (χ3n) is 9.44. The van der Waals surface area contributed by atoms with Crippen LogP contribution in [0.1, 0.15) is 0 Å². The average molecular weight is 559 g/mol. The standard InChI is InChI=1S/C42H26N2/c1-2-14-28-26-36-35(25-27(28)13-1)41(43-37-21-9-5-15-29(37)30-16-6-10-22-38(30)43)33-19-3-4-20-34(33)42(36)44-39-23-11-7-17-31(39)32-18-8-12-24-40(32)44/h1-26H. The molecule has 0 amide bonds. The van der Waals surface area contributed by atoms with Crippen molar-refractivity contribution >= 4 is 75.9 Å². The van der Waals surface area contributed by atoms with E-state index >= 15 is 0 Å². The summed E-state index contributed by atoms with van der Waals surface area (Å²) in [6, 6.07) is 57.8. The maximum absolute atomic E-state index is 2.50. The van der Waals surface area contributed by atoms with E-state index in [0.29, 0.717) is 0 Å². The van der Waals surface area contributed by atoms with Gasteiger partial charge in [0, 0.05) is 43.1 Å². The summed E-state index contributed by atoms with van der Waals surface area (Å²) < 4.78 is 5.00. The van der Waals surface area contributed by atoms with Crippen LogP contribution in [0.2, 0.25) is 0 Å². The number of para-hydroxylation sites is 4. The molecule has 0 spiro atoms. The Bertz CT molecular complexity index is 2480. The Balaban J connectivity index is 1.50. The van der Waals surface area contributed by atoms with Crippen LogP contribution >= 0.6 is 0 Å². The second kappa shape index (κ2) is 8.82. The van der Waals surface area contributed by atoms with E-state index in [1.165, 1.54) is 87.3 Å². The van der Waals surface area contributed by atoms with Crippen LogP contribution in [0.15, 0.2) is 158 Å². The third kappa shape index (κ3) is 3.09. The molecule has 0 bridgehead atoms. The number of aromatic nitrogens is 2. The topological polar surface area (TPSA) is 9.86 Å². The van der Waals surface area contributed by atoms with Gasteiger partial charge in [0.2, 0.25) is 0 Å². The minimum atomic E-state index is 1.22. The van der Waals surface area contributed by atoms with Gasteiger partial charge in [-0.2, -0.15) is 0 Å². The molecule has 8 aromatic carbocycles. The first kappa shape index (κ1) is 23.7. The summed E-state index contributed by atoms with van der Waals surface area (Å²) in [6.07, 6.45) is 0. The van der Waals surface area contributed by atoms with Gasteiger partial charge in [0.05, 0.1) is 33.4 Å². The predicted molar refractivity (Wildman–Crippen MR) is 188 cm³/mol. The Labute approximate surface area is 253 Å². The number of hydrogen-bond acceptors (Lipinski definition) is 0. The SMILES string of the molecule is c1ccc2cc3c(-n4c5ccccc5c5ccccc54)c4ccccc4c(-n4c5ccccc5c5ccccc54)c3cc2c1. The number of nitrogens with zero attached hydrogens (tertiary/aromatic N) is 2. The molecule has 2 nitrogen and oxygen atoms in total. The summed E-state index contributed by atoms with van der Waals surface area (Å²) in [7, 11) is 0. The fourth-order valence-electron chi connectivity index (χ4n) is 7.63. The van der Waals surface area contributed by atoms with Gasteiger partial charge in [-0.3, -0.25) is 0 Å². The molecule has 0 radical (unpaired) electrons. The highest BCUT2D eigenvalue weighted by molar-refractivity contribution is 6.22. The first-order valence-electron chi connectivity index (χ1n) is 15.2. The Hall–Kier alpha value is -5.86. The van der Waals surface area contributed by atoms with E-state index < -0.39 is 0 Å². The van der Waals surface area contributed by atoms with Crippen molar-refractivity contribution in [1.29, 1.82) is 0 Å². The van der Waals surface area contributed by atoms with Crippen molar-refractivity contribution in [2.75, 3.05) is 0 Å². The highest BCUT2D eigenvalue weighted by atomic mass is 15.0. The van der Waals surface area contributed by atoms with Crippen LogP contribution in [-0.2, 0) is 0 Å². The molecule has 2 aromatic heterocycles. The fourth-order valence-corrected chi connectivity index (χ4v) is 7.63. The van der Waals surface area contributed by atoms with Crippen molar-refractivity contribution in [3.8, 4) is 11.4 Å². The van der Waals surface area contributed by atoms with Crippen molar-refractivity contribution in [1.82, 2.24) is 9.13 Å². The predicted octanol–water partition coefficient (Wildman–Crippen LogP) is 11.3. The van der Waals surface area contributed by atoms with Crippen molar-refractivity contribution in [2.24, 2.45) is 0 Å². The van der Waals surface area contributed by atoms with E-state index in [-0.39, 0.29) is 0 Å². The van der Waals surface area contributed by atoms with E-state index in [1.807, 2.05) is 0 Å². The van der Waals surface area contributed by atoms with Crippen LogP contribution in [-0.4, -0.2) is 9.13 Å². The van der Waals surface area contributed by atoms with E-state index in [9.17, 15) is 0 Å². The van der Waals surface area contributed by atoms with Gasteiger partial charge in [0.25, 0.3) is 0 Å². The molecule has 0 unspecified atom stereocenters. The molecule has 2 heterocycles. The van der Waals surface area contributed by atoms with E-state index in [0.717, 1.165) is 0 Å². The summed E-state index contributed by atoms with van der Waals surface area (Å²) in [5.74, 6) is 0. The van der Waals surface area contributed by atoms with Crippen molar-refractivity contribution < 1.29 is 0 Å². The number of fused-ring (bicyclic) bond motifs is 9. The minimum Gasteiger partial charge on any atom is -0.308 e. The normalized spacial score (nSPS) is 12.1. The summed E-state index contributed by atoms with van der Waals surface area (Å²) in [6.45, 7) is 0. The molecule has 44 heavy (non-hydrogen) atoms. The molecule has 204 valence electrons. The highest BCUT2D eigenvalue weighted by Gasteiger charge is 2.23. The molecule has 0 saturated carbocycles. The van der Waals surface area contributed by atoms with Crippen LogP contribution < -0.4 is 0 Å².